The molecule has 5 heteroatoms. The quantitative estimate of drug-likeness (QED) is 0.840. The summed E-state index contributed by atoms with van der Waals surface area (Å²) in [5.41, 5.74) is 2.26. The molecule has 1 unspecified atom stereocenters. The van der Waals surface area contributed by atoms with Gasteiger partial charge in [0.25, 0.3) is 0 Å². The predicted molar refractivity (Wildman–Crippen MR) is 86.9 cm³/mol. The van der Waals surface area contributed by atoms with Crippen LogP contribution in [0.2, 0.25) is 0 Å². The fourth-order valence-corrected chi connectivity index (χ4v) is 4.29. The van der Waals surface area contributed by atoms with E-state index in [1.807, 2.05) is 6.07 Å². The molecule has 0 amide bonds. The van der Waals surface area contributed by atoms with Gasteiger partial charge in [0.1, 0.15) is 13.2 Å². The van der Waals surface area contributed by atoms with Gasteiger partial charge >= 0.3 is 5.97 Å². The summed E-state index contributed by atoms with van der Waals surface area (Å²) < 4.78 is 12.4. The highest BCUT2D eigenvalue weighted by Gasteiger charge is 2.37. The third kappa shape index (κ3) is 2.96. The number of benzene rings is 1. The fraction of sp³-hybridized carbons (Fsp3) is 0.588. The molecule has 1 aliphatic heterocycles. The van der Waals surface area contributed by atoms with Crippen LogP contribution < -0.4 is 9.47 Å². The molecular weight excluding hydrogens is 348 g/mol. The average Bonchev–Trinajstić information content (AvgIpc) is 3.28. The number of hydrogen-bond acceptors (Lipinski definition) is 3. The van der Waals surface area contributed by atoms with Gasteiger partial charge in [-0.2, -0.15) is 0 Å². The van der Waals surface area contributed by atoms with Gasteiger partial charge in [0.05, 0.1) is 10.9 Å². The number of carboxylic acid groups (broad SMARTS) is 1. The molecule has 0 radical (unpaired) electrons. The van der Waals surface area contributed by atoms with Crippen LogP contribution in [0.5, 0.6) is 11.5 Å². The van der Waals surface area contributed by atoms with E-state index in [1.54, 1.807) is 0 Å². The lowest BCUT2D eigenvalue weighted by molar-refractivity contribution is -0.137. The van der Waals surface area contributed by atoms with Crippen molar-refractivity contribution in [2.24, 2.45) is 5.92 Å². The normalized spacial score (nSPS) is 18.4. The maximum absolute atomic E-state index is 11.3. The van der Waals surface area contributed by atoms with Crippen molar-refractivity contribution in [2.45, 2.75) is 44.9 Å². The largest absolute Gasteiger partial charge is 0.486 e. The molecule has 1 atom stereocenters. The summed E-state index contributed by atoms with van der Waals surface area (Å²) in [5, 5.41) is 9.29. The lowest BCUT2D eigenvalue weighted by atomic mass is 9.83. The summed E-state index contributed by atoms with van der Waals surface area (Å²) in [5.74, 6) is 1.56. The van der Waals surface area contributed by atoms with Gasteiger partial charge in [-0.15, -0.1) is 0 Å². The predicted octanol–water partition coefficient (Wildman–Crippen LogP) is 4.31. The van der Waals surface area contributed by atoms with Gasteiger partial charge in [0, 0.05) is 0 Å². The van der Waals surface area contributed by atoms with Crippen LogP contribution in [0.25, 0.3) is 0 Å². The van der Waals surface area contributed by atoms with Gasteiger partial charge in [-0.3, -0.25) is 4.79 Å². The summed E-state index contributed by atoms with van der Waals surface area (Å²) in [4.78, 5) is 11.3. The number of rotatable bonds is 5. The summed E-state index contributed by atoms with van der Waals surface area (Å²) in [7, 11) is 0. The van der Waals surface area contributed by atoms with E-state index in [1.165, 1.54) is 0 Å². The maximum Gasteiger partial charge on any atom is 0.303 e. The summed E-state index contributed by atoms with van der Waals surface area (Å²) >= 11 is 3.67. The molecule has 0 spiro atoms. The van der Waals surface area contributed by atoms with E-state index in [0.717, 1.165) is 39.9 Å². The lowest BCUT2D eigenvalue weighted by Gasteiger charge is -2.27. The van der Waals surface area contributed by atoms with Gasteiger partial charge < -0.3 is 14.6 Å². The number of carboxylic acids is 1. The van der Waals surface area contributed by atoms with Gasteiger partial charge in [0.15, 0.2) is 11.5 Å². The van der Waals surface area contributed by atoms with Crippen molar-refractivity contribution >= 4 is 21.9 Å². The Kier molecular flexibility index (Phi) is 4.35. The van der Waals surface area contributed by atoms with Crippen LogP contribution in [-0.4, -0.2) is 24.3 Å². The Hall–Kier alpha value is -1.23. The van der Waals surface area contributed by atoms with Gasteiger partial charge in [-0.25, -0.2) is 0 Å². The molecule has 1 heterocycles. The number of ether oxygens (including phenoxy) is 2. The molecule has 1 fully saturated rings. The number of aliphatic carboxylic acids is 1. The van der Waals surface area contributed by atoms with E-state index in [0.29, 0.717) is 19.1 Å². The zero-order valence-corrected chi connectivity index (χ0v) is 14.5. The topological polar surface area (TPSA) is 55.8 Å². The standard InChI is InChI=1S/C17H21BrO4/c1-9(2)15-12(11(8-14(19)20)10-3-4-10)7-13-17(16(15)18)22-6-5-21-13/h7,9-11H,3-6,8H2,1-2H3,(H,19,20). The molecule has 2 aliphatic rings. The third-order valence-corrected chi connectivity index (χ3v) is 5.19. The number of halogens is 1. The second-order valence-corrected chi connectivity index (χ2v) is 7.21. The fourth-order valence-electron chi connectivity index (χ4n) is 3.29. The van der Waals surface area contributed by atoms with E-state index in [2.05, 4.69) is 29.8 Å². The van der Waals surface area contributed by atoms with E-state index in [9.17, 15) is 9.90 Å². The van der Waals surface area contributed by atoms with Crippen LogP contribution in [0.4, 0.5) is 0 Å². The minimum absolute atomic E-state index is 0.0574. The molecule has 3 rings (SSSR count). The molecule has 1 aromatic rings. The smallest absolute Gasteiger partial charge is 0.303 e. The van der Waals surface area contributed by atoms with Crippen LogP contribution in [0.15, 0.2) is 10.5 Å². The van der Waals surface area contributed by atoms with Gasteiger partial charge in [0.2, 0.25) is 0 Å². The Morgan fingerprint density at radius 2 is 2.05 bits per heavy atom. The second kappa shape index (κ2) is 6.11. The molecule has 0 saturated heterocycles. The summed E-state index contributed by atoms with van der Waals surface area (Å²) in [6.45, 7) is 5.34. The molecule has 1 aliphatic carbocycles. The van der Waals surface area contributed by atoms with Crippen molar-refractivity contribution in [2.75, 3.05) is 13.2 Å². The molecule has 1 saturated carbocycles. The van der Waals surface area contributed by atoms with Crippen molar-refractivity contribution in [1.29, 1.82) is 0 Å². The van der Waals surface area contributed by atoms with Gasteiger partial charge in [-0.1, -0.05) is 13.8 Å². The SMILES string of the molecule is CC(C)c1c(C(CC(=O)O)C2CC2)cc2c(c1Br)OCCO2. The second-order valence-electron chi connectivity index (χ2n) is 6.41. The molecule has 1 N–H and O–H groups in total. The highest BCUT2D eigenvalue weighted by molar-refractivity contribution is 9.10. The molecule has 1 aromatic carbocycles. The Morgan fingerprint density at radius 3 is 2.64 bits per heavy atom. The molecule has 22 heavy (non-hydrogen) atoms. The van der Waals surface area contributed by atoms with Crippen LogP contribution in [0.1, 0.15) is 56.1 Å². The summed E-state index contributed by atoms with van der Waals surface area (Å²) in [6.07, 6.45) is 2.40. The van der Waals surface area contributed by atoms with Crippen molar-refractivity contribution in [3.05, 3.63) is 21.7 Å². The van der Waals surface area contributed by atoms with Crippen molar-refractivity contribution in [3.63, 3.8) is 0 Å². The highest BCUT2D eigenvalue weighted by atomic mass is 79.9. The Bertz CT molecular complexity index is 593. The van der Waals surface area contributed by atoms with Crippen LogP contribution >= 0.6 is 15.9 Å². The zero-order chi connectivity index (χ0) is 15.9. The van der Waals surface area contributed by atoms with Crippen molar-refractivity contribution in [1.82, 2.24) is 0 Å². The molecule has 120 valence electrons. The first-order valence-electron chi connectivity index (χ1n) is 7.82. The Labute approximate surface area is 138 Å². The molecular formula is C17H21BrO4. The first-order valence-corrected chi connectivity index (χ1v) is 8.62. The monoisotopic (exact) mass is 368 g/mol. The van der Waals surface area contributed by atoms with E-state index >= 15 is 0 Å². The van der Waals surface area contributed by atoms with E-state index in [-0.39, 0.29) is 18.3 Å². The minimum Gasteiger partial charge on any atom is -0.486 e. The third-order valence-electron chi connectivity index (χ3n) is 4.41. The molecule has 0 aromatic heterocycles. The number of carbonyl (C=O) groups is 1. The Morgan fingerprint density at radius 1 is 1.36 bits per heavy atom. The lowest BCUT2D eigenvalue weighted by Crippen LogP contribution is -2.18. The van der Waals surface area contributed by atoms with E-state index in [4.69, 9.17) is 9.47 Å². The van der Waals surface area contributed by atoms with Crippen LogP contribution in [0, 0.1) is 5.92 Å². The van der Waals surface area contributed by atoms with Crippen molar-refractivity contribution in [3.8, 4) is 11.5 Å². The minimum atomic E-state index is -0.738. The van der Waals surface area contributed by atoms with E-state index < -0.39 is 5.97 Å². The molecule has 4 nitrogen and oxygen atoms in total. The number of fused-ring (bicyclic) bond motifs is 1. The van der Waals surface area contributed by atoms with Crippen LogP contribution in [-0.2, 0) is 4.79 Å². The Balaban J connectivity index is 2.11. The van der Waals surface area contributed by atoms with Gasteiger partial charge in [-0.05, 0) is 63.7 Å². The zero-order valence-electron chi connectivity index (χ0n) is 12.9. The molecule has 0 bridgehead atoms. The highest BCUT2D eigenvalue weighted by Crippen LogP contribution is 2.51. The number of hydrogen-bond donors (Lipinski definition) is 1. The maximum atomic E-state index is 11.3. The first-order chi connectivity index (χ1) is 10.5. The van der Waals surface area contributed by atoms with Crippen LogP contribution in [0.3, 0.4) is 0 Å². The summed E-state index contributed by atoms with van der Waals surface area (Å²) in [6, 6.07) is 2.01. The first kappa shape index (κ1) is 15.7. The van der Waals surface area contributed by atoms with Crippen molar-refractivity contribution < 1.29 is 19.4 Å². The average molecular weight is 369 g/mol.